The Hall–Kier alpha value is -0.830. The molecule has 1 aromatic heterocycles. The Morgan fingerprint density at radius 2 is 2.06 bits per heavy atom. The summed E-state index contributed by atoms with van der Waals surface area (Å²) in [5, 5.41) is 8.06. The molecule has 0 saturated carbocycles. The predicted octanol–water partition coefficient (Wildman–Crippen LogP) is 2.64. The van der Waals surface area contributed by atoms with Crippen LogP contribution in [-0.4, -0.2) is 22.9 Å². The predicted molar refractivity (Wildman–Crippen MR) is 73.3 cm³/mol. The maximum absolute atomic E-state index is 4.61. The molecule has 1 aromatic rings. The summed E-state index contributed by atoms with van der Waals surface area (Å²) in [6.07, 6.45) is 3.40. The molecule has 3 nitrogen and oxygen atoms in total. The van der Waals surface area contributed by atoms with Gasteiger partial charge in [-0.2, -0.15) is 5.10 Å². The Morgan fingerprint density at radius 3 is 2.59 bits per heavy atom. The first-order valence-electron chi connectivity index (χ1n) is 7.01. The van der Waals surface area contributed by atoms with Crippen LogP contribution in [0.2, 0.25) is 0 Å². The van der Waals surface area contributed by atoms with Crippen LogP contribution in [0.4, 0.5) is 0 Å². The van der Waals surface area contributed by atoms with Crippen molar-refractivity contribution in [1.29, 1.82) is 0 Å². The highest BCUT2D eigenvalue weighted by atomic mass is 15.3. The second-order valence-electron chi connectivity index (χ2n) is 4.58. The molecule has 1 heterocycles. The minimum atomic E-state index is 0.724. The van der Waals surface area contributed by atoms with E-state index in [0.717, 1.165) is 38.4 Å². The number of nitrogens with zero attached hydrogens (tertiary/aromatic N) is 2. The SMILES string of the molecule is CCNCC(CC)Cc1cc(CC)nn1CC. The lowest BCUT2D eigenvalue weighted by atomic mass is 10.00. The third-order valence-corrected chi connectivity index (χ3v) is 3.33. The highest BCUT2D eigenvalue weighted by molar-refractivity contribution is 5.11. The first kappa shape index (κ1) is 14.2. The van der Waals surface area contributed by atoms with Crippen LogP contribution in [0, 0.1) is 5.92 Å². The molecule has 0 aliphatic heterocycles. The summed E-state index contributed by atoms with van der Waals surface area (Å²) < 4.78 is 2.16. The minimum Gasteiger partial charge on any atom is -0.317 e. The van der Waals surface area contributed by atoms with Crippen molar-refractivity contribution >= 4 is 0 Å². The summed E-state index contributed by atoms with van der Waals surface area (Å²) in [7, 11) is 0. The molecule has 0 fully saturated rings. The normalized spacial score (nSPS) is 12.9. The second kappa shape index (κ2) is 7.49. The molecule has 0 amide bonds. The summed E-state index contributed by atoms with van der Waals surface area (Å²) in [6.45, 7) is 11.9. The second-order valence-corrected chi connectivity index (χ2v) is 4.58. The lowest BCUT2D eigenvalue weighted by Crippen LogP contribution is -2.24. The van der Waals surface area contributed by atoms with Crippen LogP contribution in [0.25, 0.3) is 0 Å². The van der Waals surface area contributed by atoms with E-state index < -0.39 is 0 Å². The molecule has 17 heavy (non-hydrogen) atoms. The average molecular weight is 237 g/mol. The van der Waals surface area contributed by atoms with Crippen molar-refractivity contribution in [2.24, 2.45) is 5.92 Å². The largest absolute Gasteiger partial charge is 0.317 e. The highest BCUT2D eigenvalue weighted by Gasteiger charge is 2.12. The molecule has 0 aliphatic rings. The average Bonchev–Trinajstić information content (AvgIpc) is 2.76. The zero-order chi connectivity index (χ0) is 12.7. The van der Waals surface area contributed by atoms with Gasteiger partial charge in [-0.05, 0) is 44.8 Å². The molecule has 0 saturated heterocycles. The van der Waals surface area contributed by atoms with Crippen LogP contribution in [0.1, 0.15) is 45.5 Å². The van der Waals surface area contributed by atoms with Crippen LogP contribution in [0.15, 0.2) is 6.07 Å². The third kappa shape index (κ3) is 4.15. The van der Waals surface area contributed by atoms with Gasteiger partial charge in [0.1, 0.15) is 0 Å². The number of aromatic nitrogens is 2. The first-order chi connectivity index (χ1) is 8.24. The Bertz CT molecular complexity index is 317. The van der Waals surface area contributed by atoms with E-state index in [-0.39, 0.29) is 0 Å². The van der Waals surface area contributed by atoms with E-state index in [1.807, 2.05) is 0 Å². The number of aryl methyl sites for hydroxylation is 2. The molecular formula is C14H27N3. The molecule has 1 atom stereocenters. The molecule has 0 aliphatic carbocycles. The van der Waals surface area contributed by atoms with E-state index in [1.165, 1.54) is 17.8 Å². The van der Waals surface area contributed by atoms with Gasteiger partial charge in [-0.3, -0.25) is 4.68 Å². The van der Waals surface area contributed by atoms with Crippen LogP contribution in [0.3, 0.4) is 0 Å². The fraction of sp³-hybridized carbons (Fsp3) is 0.786. The third-order valence-electron chi connectivity index (χ3n) is 3.33. The minimum absolute atomic E-state index is 0.724. The van der Waals surface area contributed by atoms with Crippen molar-refractivity contribution in [3.63, 3.8) is 0 Å². The van der Waals surface area contributed by atoms with Crippen molar-refractivity contribution in [2.45, 2.75) is 53.5 Å². The first-order valence-corrected chi connectivity index (χ1v) is 7.01. The van der Waals surface area contributed by atoms with Crippen LogP contribution in [-0.2, 0) is 19.4 Å². The van der Waals surface area contributed by atoms with Gasteiger partial charge in [-0.25, -0.2) is 0 Å². The Balaban J connectivity index is 2.67. The molecular weight excluding hydrogens is 210 g/mol. The Morgan fingerprint density at radius 1 is 1.29 bits per heavy atom. The van der Waals surface area contributed by atoms with Gasteiger partial charge >= 0.3 is 0 Å². The van der Waals surface area contributed by atoms with Crippen LogP contribution >= 0.6 is 0 Å². The Kier molecular flexibility index (Phi) is 6.27. The molecule has 1 N–H and O–H groups in total. The molecule has 1 rings (SSSR count). The highest BCUT2D eigenvalue weighted by Crippen LogP contribution is 2.14. The number of rotatable bonds is 8. The quantitative estimate of drug-likeness (QED) is 0.753. The van der Waals surface area contributed by atoms with Crippen LogP contribution < -0.4 is 5.32 Å². The van der Waals surface area contributed by atoms with Crippen molar-refractivity contribution in [3.05, 3.63) is 17.5 Å². The number of hydrogen-bond donors (Lipinski definition) is 1. The fourth-order valence-corrected chi connectivity index (χ4v) is 2.13. The maximum Gasteiger partial charge on any atom is 0.0624 e. The lowest BCUT2D eigenvalue weighted by molar-refractivity contribution is 0.449. The zero-order valence-corrected chi connectivity index (χ0v) is 11.8. The van der Waals surface area contributed by atoms with Gasteiger partial charge in [0.05, 0.1) is 5.69 Å². The van der Waals surface area contributed by atoms with E-state index in [9.17, 15) is 0 Å². The topological polar surface area (TPSA) is 29.9 Å². The molecule has 98 valence electrons. The number of nitrogens with one attached hydrogen (secondary N) is 1. The van der Waals surface area contributed by atoms with Gasteiger partial charge < -0.3 is 5.32 Å². The Labute approximate surface area is 106 Å². The summed E-state index contributed by atoms with van der Waals surface area (Å²) in [6, 6.07) is 2.28. The standard InChI is InChI=1S/C14H27N3/c1-5-12(11-15-7-3)9-14-10-13(6-2)16-17(14)8-4/h10,12,15H,5-9,11H2,1-4H3. The van der Waals surface area contributed by atoms with Gasteiger partial charge in [0.2, 0.25) is 0 Å². The maximum atomic E-state index is 4.61. The van der Waals surface area contributed by atoms with Gasteiger partial charge in [0.15, 0.2) is 0 Å². The van der Waals surface area contributed by atoms with Gasteiger partial charge in [0, 0.05) is 12.2 Å². The summed E-state index contributed by atoms with van der Waals surface area (Å²) in [5.74, 6) is 0.724. The van der Waals surface area contributed by atoms with Crippen LogP contribution in [0.5, 0.6) is 0 Å². The molecule has 0 spiro atoms. The smallest absolute Gasteiger partial charge is 0.0624 e. The zero-order valence-electron chi connectivity index (χ0n) is 11.8. The monoisotopic (exact) mass is 237 g/mol. The van der Waals surface area contributed by atoms with Gasteiger partial charge in [-0.15, -0.1) is 0 Å². The molecule has 0 aromatic carbocycles. The summed E-state index contributed by atoms with van der Waals surface area (Å²) >= 11 is 0. The van der Waals surface area contributed by atoms with Crippen molar-refractivity contribution in [2.75, 3.05) is 13.1 Å². The molecule has 0 bridgehead atoms. The molecule has 1 unspecified atom stereocenters. The molecule has 3 heteroatoms. The van der Waals surface area contributed by atoms with Crippen molar-refractivity contribution in [3.8, 4) is 0 Å². The van der Waals surface area contributed by atoms with E-state index >= 15 is 0 Å². The van der Waals surface area contributed by atoms with E-state index in [4.69, 9.17) is 0 Å². The summed E-state index contributed by atoms with van der Waals surface area (Å²) in [5.41, 5.74) is 2.62. The molecule has 0 radical (unpaired) electrons. The number of hydrogen-bond acceptors (Lipinski definition) is 2. The summed E-state index contributed by atoms with van der Waals surface area (Å²) in [4.78, 5) is 0. The van der Waals surface area contributed by atoms with E-state index in [2.05, 4.69) is 48.9 Å². The van der Waals surface area contributed by atoms with Gasteiger partial charge in [0.25, 0.3) is 0 Å². The van der Waals surface area contributed by atoms with Crippen molar-refractivity contribution in [1.82, 2.24) is 15.1 Å². The van der Waals surface area contributed by atoms with Crippen molar-refractivity contribution < 1.29 is 0 Å². The fourth-order valence-electron chi connectivity index (χ4n) is 2.13. The van der Waals surface area contributed by atoms with Gasteiger partial charge in [-0.1, -0.05) is 27.2 Å². The van der Waals surface area contributed by atoms with E-state index in [0.29, 0.717) is 0 Å². The van der Waals surface area contributed by atoms with E-state index in [1.54, 1.807) is 0 Å². The lowest BCUT2D eigenvalue weighted by Gasteiger charge is -2.15.